The minimum Gasteiger partial charge on any atom is -0.497 e. The molecule has 0 aliphatic heterocycles. The first-order chi connectivity index (χ1) is 12.9. The van der Waals surface area contributed by atoms with Crippen molar-refractivity contribution < 1.29 is 26.8 Å². The second kappa shape index (κ2) is 7.72. The molecule has 0 fully saturated rings. The molecule has 0 unspecified atom stereocenters. The van der Waals surface area contributed by atoms with E-state index in [-0.39, 0.29) is 34.5 Å². The zero-order chi connectivity index (χ0) is 19.4. The van der Waals surface area contributed by atoms with Crippen LogP contribution in [0, 0.1) is 5.82 Å². The van der Waals surface area contributed by atoms with E-state index in [1.165, 1.54) is 50.6 Å². The summed E-state index contributed by atoms with van der Waals surface area (Å²) in [4.78, 5) is 3.94. The van der Waals surface area contributed by atoms with Crippen LogP contribution in [0.4, 0.5) is 4.39 Å². The number of hydrogen-bond acceptors (Lipinski definition) is 7. The molecule has 8 nitrogen and oxygen atoms in total. The number of ether oxygens (including phenoxy) is 2. The molecular weight excluding hydrogens is 377 g/mol. The minimum atomic E-state index is -3.92. The Bertz CT molecular complexity index is 1050. The SMILES string of the molecule is COc1ccc(S(=O)(=O)NCc2nc(-c3ccccc3F)no2)c(OC)c1. The highest BCUT2D eigenvalue weighted by molar-refractivity contribution is 7.89. The summed E-state index contributed by atoms with van der Waals surface area (Å²) in [5.41, 5.74) is 0.159. The van der Waals surface area contributed by atoms with Gasteiger partial charge in [-0.1, -0.05) is 17.3 Å². The molecule has 0 amide bonds. The Hall–Kier alpha value is -2.98. The van der Waals surface area contributed by atoms with E-state index in [2.05, 4.69) is 14.9 Å². The lowest BCUT2D eigenvalue weighted by molar-refractivity contribution is 0.374. The Morgan fingerprint density at radius 2 is 1.93 bits per heavy atom. The van der Waals surface area contributed by atoms with Crippen molar-refractivity contribution in [3.63, 3.8) is 0 Å². The highest BCUT2D eigenvalue weighted by Crippen LogP contribution is 2.28. The first kappa shape index (κ1) is 18.8. The van der Waals surface area contributed by atoms with Crippen LogP contribution in [0.1, 0.15) is 5.89 Å². The molecule has 0 radical (unpaired) electrons. The molecular formula is C17H16FN3O5S. The van der Waals surface area contributed by atoms with E-state index in [1.807, 2.05) is 0 Å². The third-order valence-electron chi connectivity index (χ3n) is 3.66. The summed E-state index contributed by atoms with van der Waals surface area (Å²) in [6.07, 6.45) is 0. The molecule has 2 aromatic carbocycles. The van der Waals surface area contributed by atoms with Gasteiger partial charge in [-0.15, -0.1) is 0 Å². The van der Waals surface area contributed by atoms with E-state index >= 15 is 0 Å². The largest absolute Gasteiger partial charge is 0.497 e. The first-order valence-corrected chi connectivity index (χ1v) is 9.22. The molecule has 1 aromatic heterocycles. The quantitative estimate of drug-likeness (QED) is 0.657. The van der Waals surface area contributed by atoms with Crippen molar-refractivity contribution in [1.29, 1.82) is 0 Å². The van der Waals surface area contributed by atoms with Crippen LogP contribution in [-0.4, -0.2) is 32.8 Å². The fourth-order valence-corrected chi connectivity index (χ4v) is 3.43. The van der Waals surface area contributed by atoms with Crippen LogP contribution in [0.3, 0.4) is 0 Å². The Kier molecular flexibility index (Phi) is 5.38. The van der Waals surface area contributed by atoms with Crippen molar-refractivity contribution in [2.24, 2.45) is 0 Å². The summed E-state index contributed by atoms with van der Waals surface area (Å²) in [6, 6.07) is 10.2. The van der Waals surface area contributed by atoms with Crippen LogP contribution in [0.15, 0.2) is 51.9 Å². The summed E-state index contributed by atoms with van der Waals surface area (Å²) < 4.78 is 56.3. The van der Waals surface area contributed by atoms with E-state index < -0.39 is 15.8 Å². The highest BCUT2D eigenvalue weighted by Gasteiger charge is 2.21. The van der Waals surface area contributed by atoms with Crippen molar-refractivity contribution in [1.82, 2.24) is 14.9 Å². The molecule has 1 heterocycles. The standard InChI is InChI=1S/C17H16FN3O5S/c1-24-11-7-8-15(14(9-11)25-2)27(22,23)19-10-16-20-17(21-26-16)12-5-3-4-6-13(12)18/h3-9,19H,10H2,1-2H3. The number of benzene rings is 2. The zero-order valence-electron chi connectivity index (χ0n) is 14.5. The topological polar surface area (TPSA) is 104 Å². The maximum absolute atomic E-state index is 13.8. The van der Waals surface area contributed by atoms with Gasteiger partial charge in [0.15, 0.2) is 0 Å². The van der Waals surface area contributed by atoms with Crippen LogP contribution in [0.25, 0.3) is 11.4 Å². The van der Waals surface area contributed by atoms with Gasteiger partial charge in [-0.2, -0.15) is 4.98 Å². The average molecular weight is 393 g/mol. The van der Waals surface area contributed by atoms with Gasteiger partial charge >= 0.3 is 0 Å². The normalized spacial score (nSPS) is 11.4. The number of rotatable bonds is 7. The highest BCUT2D eigenvalue weighted by atomic mass is 32.2. The van der Waals surface area contributed by atoms with Gasteiger partial charge in [0.2, 0.25) is 21.7 Å². The molecule has 27 heavy (non-hydrogen) atoms. The number of aromatic nitrogens is 2. The van der Waals surface area contributed by atoms with Crippen LogP contribution in [0.5, 0.6) is 11.5 Å². The van der Waals surface area contributed by atoms with Crippen molar-refractivity contribution in [3.8, 4) is 22.9 Å². The summed E-state index contributed by atoms with van der Waals surface area (Å²) in [5, 5.41) is 3.67. The number of nitrogens with zero attached hydrogens (tertiary/aromatic N) is 2. The number of sulfonamides is 1. The second-order valence-electron chi connectivity index (χ2n) is 5.33. The van der Waals surface area contributed by atoms with E-state index in [9.17, 15) is 12.8 Å². The lowest BCUT2D eigenvalue weighted by atomic mass is 10.2. The number of hydrogen-bond donors (Lipinski definition) is 1. The van der Waals surface area contributed by atoms with E-state index in [0.717, 1.165) is 0 Å². The van der Waals surface area contributed by atoms with Crippen molar-refractivity contribution >= 4 is 10.0 Å². The lowest BCUT2D eigenvalue weighted by Gasteiger charge is -2.11. The number of halogens is 1. The molecule has 1 N–H and O–H groups in total. The van der Waals surface area contributed by atoms with E-state index in [1.54, 1.807) is 6.07 Å². The van der Waals surface area contributed by atoms with Crippen molar-refractivity contribution in [2.75, 3.05) is 14.2 Å². The number of nitrogens with one attached hydrogen (secondary N) is 1. The molecule has 0 spiro atoms. The summed E-state index contributed by atoms with van der Waals surface area (Å²) in [6.45, 7) is -0.265. The molecule has 142 valence electrons. The number of methoxy groups -OCH3 is 2. The van der Waals surface area contributed by atoms with Gasteiger partial charge < -0.3 is 14.0 Å². The van der Waals surface area contributed by atoms with Gasteiger partial charge in [-0.3, -0.25) is 0 Å². The van der Waals surface area contributed by atoms with Gasteiger partial charge in [-0.25, -0.2) is 17.5 Å². The third kappa shape index (κ3) is 4.07. The second-order valence-corrected chi connectivity index (χ2v) is 7.07. The van der Waals surface area contributed by atoms with Gasteiger partial charge in [0.05, 0.1) is 26.3 Å². The fraction of sp³-hybridized carbons (Fsp3) is 0.176. The van der Waals surface area contributed by atoms with Crippen LogP contribution >= 0.6 is 0 Å². The molecule has 0 aliphatic rings. The molecule has 0 saturated carbocycles. The predicted octanol–water partition coefficient (Wildman–Crippen LogP) is 2.37. The average Bonchev–Trinajstić information content (AvgIpc) is 3.15. The van der Waals surface area contributed by atoms with Crippen molar-refractivity contribution in [2.45, 2.75) is 11.4 Å². The Balaban J connectivity index is 1.78. The Morgan fingerprint density at radius 1 is 1.15 bits per heavy atom. The fourth-order valence-electron chi connectivity index (χ4n) is 2.31. The van der Waals surface area contributed by atoms with Crippen LogP contribution in [0.2, 0.25) is 0 Å². The maximum Gasteiger partial charge on any atom is 0.244 e. The summed E-state index contributed by atoms with van der Waals surface area (Å²) >= 11 is 0. The smallest absolute Gasteiger partial charge is 0.244 e. The molecule has 0 saturated heterocycles. The zero-order valence-corrected chi connectivity index (χ0v) is 15.3. The Morgan fingerprint density at radius 3 is 2.63 bits per heavy atom. The van der Waals surface area contributed by atoms with Gasteiger partial charge in [0.25, 0.3) is 0 Å². The first-order valence-electron chi connectivity index (χ1n) is 7.74. The summed E-state index contributed by atoms with van der Waals surface area (Å²) in [7, 11) is -1.11. The van der Waals surface area contributed by atoms with E-state index in [4.69, 9.17) is 14.0 Å². The molecule has 10 heteroatoms. The van der Waals surface area contributed by atoms with Crippen LogP contribution < -0.4 is 14.2 Å². The maximum atomic E-state index is 13.8. The summed E-state index contributed by atoms with van der Waals surface area (Å²) in [5.74, 6) is 0.0960. The molecule has 0 bridgehead atoms. The predicted molar refractivity (Wildman–Crippen MR) is 93.3 cm³/mol. The van der Waals surface area contributed by atoms with Gasteiger partial charge in [0, 0.05) is 6.07 Å². The van der Waals surface area contributed by atoms with E-state index in [0.29, 0.717) is 5.75 Å². The monoisotopic (exact) mass is 393 g/mol. The van der Waals surface area contributed by atoms with Gasteiger partial charge in [-0.05, 0) is 24.3 Å². The molecule has 3 rings (SSSR count). The third-order valence-corrected chi connectivity index (χ3v) is 5.10. The molecule has 0 atom stereocenters. The Labute approximate surface area is 155 Å². The van der Waals surface area contributed by atoms with Crippen molar-refractivity contribution in [3.05, 3.63) is 54.2 Å². The minimum absolute atomic E-state index is 0.00990. The molecule has 0 aliphatic carbocycles. The molecule has 3 aromatic rings. The van der Waals surface area contributed by atoms with Crippen LogP contribution in [-0.2, 0) is 16.6 Å². The van der Waals surface area contributed by atoms with Gasteiger partial charge in [0.1, 0.15) is 22.2 Å². The lowest BCUT2D eigenvalue weighted by Crippen LogP contribution is -2.24.